The molecule has 0 fully saturated rings. The van der Waals surface area contributed by atoms with Crippen LogP contribution in [-0.2, 0) is 11.2 Å². The third-order valence-corrected chi connectivity index (χ3v) is 4.08. The van der Waals surface area contributed by atoms with Crippen LogP contribution in [-0.4, -0.2) is 44.6 Å². The summed E-state index contributed by atoms with van der Waals surface area (Å²) in [6.45, 7) is 5.85. The molecule has 0 aliphatic carbocycles. The first-order valence-electron chi connectivity index (χ1n) is 9.02. The van der Waals surface area contributed by atoms with Crippen molar-refractivity contribution in [2.24, 2.45) is 5.41 Å². The fourth-order valence-corrected chi connectivity index (χ4v) is 3.05. The van der Waals surface area contributed by atoms with Crippen molar-refractivity contribution < 1.29 is 9.53 Å². The molecule has 0 aromatic heterocycles. The third kappa shape index (κ3) is 6.89. The number of nitrogens with one attached hydrogen (secondary N) is 1. The van der Waals surface area contributed by atoms with Gasteiger partial charge in [-0.05, 0) is 36.7 Å². The van der Waals surface area contributed by atoms with Gasteiger partial charge in [0.2, 0.25) is 0 Å². The number of carbonyl (C=O) groups excluding carboxylic acids is 1. The van der Waals surface area contributed by atoms with E-state index < -0.39 is 0 Å². The Hall–Kier alpha value is -2.33. The quantitative estimate of drug-likeness (QED) is 0.751. The van der Waals surface area contributed by atoms with Gasteiger partial charge in [0, 0.05) is 19.5 Å². The summed E-state index contributed by atoms with van der Waals surface area (Å²) in [6.07, 6.45) is 0.786. The molecule has 4 heteroatoms. The van der Waals surface area contributed by atoms with Crippen molar-refractivity contribution in [2.45, 2.75) is 20.3 Å². The molecule has 0 bridgehead atoms. The van der Waals surface area contributed by atoms with E-state index in [4.69, 9.17) is 4.74 Å². The Morgan fingerprint density at radius 3 is 2.38 bits per heavy atom. The molecule has 2 rings (SSSR count). The summed E-state index contributed by atoms with van der Waals surface area (Å²) >= 11 is 0. The number of para-hydroxylation sites is 1. The van der Waals surface area contributed by atoms with Crippen LogP contribution in [0.15, 0.2) is 54.6 Å². The second kappa shape index (κ2) is 9.39. The maximum atomic E-state index is 12.2. The van der Waals surface area contributed by atoms with Crippen LogP contribution in [0, 0.1) is 5.41 Å². The average Bonchev–Trinajstić information content (AvgIpc) is 2.59. The van der Waals surface area contributed by atoms with Crippen molar-refractivity contribution >= 4 is 5.91 Å². The van der Waals surface area contributed by atoms with Crippen molar-refractivity contribution in [1.82, 2.24) is 10.2 Å². The van der Waals surface area contributed by atoms with Crippen LogP contribution in [0.1, 0.15) is 25.0 Å². The van der Waals surface area contributed by atoms with Crippen molar-refractivity contribution in [1.29, 1.82) is 0 Å². The van der Waals surface area contributed by atoms with Crippen molar-refractivity contribution in [3.63, 3.8) is 0 Å². The molecule has 2 aromatic rings. The molecule has 0 atom stereocenters. The second-order valence-electron chi connectivity index (χ2n) is 7.74. The summed E-state index contributed by atoms with van der Waals surface area (Å²) in [5.41, 5.74) is 2.32. The van der Waals surface area contributed by atoms with Crippen molar-refractivity contribution in [3.8, 4) is 5.75 Å². The number of carbonyl (C=O) groups is 1. The van der Waals surface area contributed by atoms with Gasteiger partial charge in [-0.2, -0.15) is 0 Å². The van der Waals surface area contributed by atoms with Gasteiger partial charge in [-0.3, -0.25) is 4.79 Å². The highest BCUT2D eigenvalue weighted by atomic mass is 16.5. The van der Waals surface area contributed by atoms with Crippen LogP contribution >= 0.6 is 0 Å². The van der Waals surface area contributed by atoms with E-state index in [1.54, 1.807) is 0 Å². The van der Waals surface area contributed by atoms with Crippen LogP contribution in [0.5, 0.6) is 5.75 Å². The van der Waals surface area contributed by atoms with Crippen LogP contribution in [0.3, 0.4) is 0 Å². The highest BCUT2D eigenvalue weighted by Gasteiger charge is 2.20. The Morgan fingerprint density at radius 1 is 1.04 bits per heavy atom. The van der Waals surface area contributed by atoms with Gasteiger partial charge in [0.15, 0.2) is 6.61 Å². The van der Waals surface area contributed by atoms with Gasteiger partial charge in [0.1, 0.15) is 5.75 Å². The number of benzene rings is 2. The molecule has 0 heterocycles. The summed E-state index contributed by atoms with van der Waals surface area (Å²) in [6, 6.07) is 18.1. The summed E-state index contributed by atoms with van der Waals surface area (Å²) in [7, 11) is 4.08. The lowest BCUT2D eigenvalue weighted by Gasteiger charge is -2.28. The summed E-state index contributed by atoms with van der Waals surface area (Å²) in [5, 5.41) is 2.98. The lowest BCUT2D eigenvalue weighted by atomic mass is 9.93. The molecule has 140 valence electrons. The van der Waals surface area contributed by atoms with Gasteiger partial charge in [0.25, 0.3) is 5.91 Å². The Bertz CT molecular complexity index is 696. The number of amides is 1. The van der Waals surface area contributed by atoms with E-state index in [1.807, 2.05) is 56.6 Å². The molecule has 26 heavy (non-hydrogen) atoms. The Kier molecular flexibility index (Phi) is 7.22. The van der Waals surface area contributed by atoms with Gasteiger partial charge in [-0.15, -0.1) is 0 Å². The molecule has 0 aliphatic heterocycles. The maximum absolute atomic E-state index is 12.2. The maximum Gasteiger partial charge on any atom is 0.257 e. The molecular formula is C22H30N2O2. The summed E-state index contributed by atoms with van der Waals surface area (Å²) in [5.74, 6) is 0.672. The van der Waals surface area contributed by atoms with Crippen LogP contribution < -0.4 is 10.1 Å². The highest BCUT2D eigenvalue weighted by molar-refractivity contribution is 5.77. The highest BCUT2D eigenvalue weighted by Crippen LogP contribution is 2.21. The molecule has 0 saturated carbocycles. The van der Waals surface area contributed by atoms with Crippen LogP contribution in [0.25, 0.3) is 0 Å². The molecular weight excluding hydrogens is 324 g/mol. The van der Waals surface area contributed by atoms with E-state index in [0.717, 1.165) is 24.3 Å². The van der Waals surface area contributed by atoms with E-state index >= 15 is 0 Å². The van der Waals surface area contributed by atoms with E-state index in [-0.39, 0.29) is 17.9 Å². The largest absolute Gasteiger partial charge is 0.483 e. The monoisotopic (exact) mass is 354 g/mol. The zero-order valence-electron chi connectivity index (χ0n) is 16.3. The number of nitrogens with zero attached hydrogens (tertiary/aromatic N) is 1. The SMILES string of the molecule is CN(C)CC(C)(C)CNC(=O)COc1ccccc1Cc1ccccc1. The molecule has 4 nitrogen and oxygen atoms in total. The lowest BCUT2D eigenvalue weighted by Crippen LogP contribution is -2.41. The average molecular weight is 354 g/mol. The van der Waals surface area contributed by atoms with Crippen LogP contribution in [0.2, 0.25) is 0 Å². The molecule has 2 aromatic carbocycles. The van der Waals surface area contributed by atoms with Gasteiger partial charge in [-0.25, -0.2) is 0 Å². The summed E-state index contributed by atoms with van der Waals surface area (Å²) in [4.78, 5) is 14.3. The van der Waals surface area contributed by atoms with E-state index in [9.17, 15) is 4.79 Å². The van der Waals surface area contributed by atoms with Gasteiger partial charge < -0.3 is 15.0 Å². The Labute approximate surface area is 157 Å². The molecule has 0 aliphatic rings. The zero-order chi connectivity index (χ0) is 19.0. The smallest absolute Gasteiger partial charge is 0.257 e. The molecule has 0 radical (unpaired) electrons. The fraction of sp³-hybridized carbons (Fsp3) is 0.409. The van der Waals surface area contributed by atoms with Crippen LogP contribution in [0.4, 0.5) is 0 Å². The normalized spacial score (nSPS) is 11.4. The molecule has 0 unspecified atom stereocenters. The number of hydrogen-bond donors (Lipinski definition) is 1. The first kappa shape index (κ1) is 20.0. The number of ether oxygens (including phenoxy) is 1. The molecule has 1 N–H and O–H groups in total. The topological polar surface area (TPSA) is 41.6 Å². The molecule has 0 spiro atoms. The lowest BCUT2D eigenvalue weighted by molar-refractivity contribution is -0.123. The Morgan fingerprint density at radius 2 is 1.69 bits per heavy atom. The Balaban J connectivity index is 1.88. The first-order valence-corrected chi connectivity index (χ1v) is 9.02. The second-order valence-corrected chi connectivity index (χ2v) is 7.74. The van der Waals surface area contributed by atoms with Crippen molar-refractivity contribution in [3.05, 3.63) is 65.7 Å². The standard InChI is InChI=1S/C22H30N2O2/c1-22(2,17-24(3)4)16-23-21(25)15-26-20-13-9-8-12-19(20)14-18-10-6-5-7-11-18/h5-13H,14-17H2,1-4H3,(H,23,25). The number of hydrogen-bond acceptors (Lipinski definition) is 3. The zero-order valence-corrected chi connectivity index (χ0v) is 16.3. The van der Waals surface area contributed by atoms with E-state index in [2.05, 4.69) is 36.2 Å². The van der Waals surface area contributed by atoms with E-state index in [1.165, 1.54) is 5.56 Å². The van der Waals surface area contributed by atoms with Gasteiger partial charge >= 0.3 is 0 Å². The van der Waals surface area contributed by atoms with Crippen molar-refractivity contribution in [2.75, 3.05) is 33.8 Å². The predicted octanol–water partition coefficient (Wildman–Crippen LogP) is 3.36. The van der Waals surface area contributed by atoms with E-state index in [0.29, 0.717) is 6.54 Å². The summed E-state index contributed by atoms with van der Waals surface area (Å²) < 4.78 is 5.80. The minimum atomic E-state index is -0.0913. The number of rotatable bonds is 9. The van der Waals surface area contributed by atoms with Gasteiger partial charge in [0.05, 0.1) is 0 Å². The third-order valence-electron chi connectivity index (χ3n) is 4.08. The fourth-order valence-electron chi connectivity index (χ4n) is 3.05. The predicted molar refractivity (Wildman–Crippen MR) is 107 cm³/mol. The first-order chi connectivity index (χ1) is 12.4. The molecule has 0 saturated heterocycles. The molecule has 1 amide bonds. The minimum absolute atomic E-state index is 0.0182. The minimum Gasteiger partial charge on any atom is -0.483 e. The van der Waals surface area contributed by atoms with Gasteiger partial charge in [-0.1, -0.05) is 62.4 Å².